The highest BCUT2D eigenvalue weighted by atomic mass is 14.2. The predicted octanol–water partition coefficient (Wildman–Crippen LogP) is 9.96. The molecule has 0 aromatic carbocycles. The maximum absolute atomic E-state index is 2.46. The van der Waals surface area contributed by atoms with Crippen LogP contribution >= 0.6 is 0 Å². The van der Waals surface area contributed by atoms with E-state index >= 15 is 0 Å². The van der Waals surface area contributed by atoms with Gasteiger partial charge in [0.1, 0.15) is 0 Å². The first kappa shape index (κ1) is 26.0. The Hall–Kier alpha value is 0. The largest absolute Gasteiger partial charge is 0.0654 e. The molecule has 0 heteroatoms. The van der Waals surface area contributed by atoms with Gasteiger partial charge in [-0.05, 0) is 24.2 Å². The Labute approximate surface area is 168 Å². The second kappa shape index (κ2) is 19.8. The smallest absolute Gasteiger partial charge is 0.0417 e. The van der Waals surface area contributed by atoms with Gasteiger partial charge >= 0.3 is 0 Å². The van der Waals surface area contributed by atoms with Gasteiger partial charge in [0.2, 0.25) is 0 Å². The van der Waals surface area contributed by atoms with Gasteiger partial charge in [-0.25, -0.2) is 0 Å². The first-order valence-corrected chi connectivity index (χ1v) is 12.6. The lowest BCUT2D eigenvalue weighted by Gasteiger charge is -2.20. The summed E-state index contributed by atoms with van der Waals surface area (Å²) in [4.78, 5) is 0. The zero-order valence-corrected chi connectivity index (χ0v) is 19.5. The fourth-order valence-electron chi connectivity index (χ4n) is 4.07. The number of hydrogen-bond donors (Lipinski definition) is 0. The van der Waals surface area contributed by atoms with Gasteiger partial charge in [-0.3, -0.25) is 0 Å². The second-order valence-electron chi connectivity index (χ2n) is 9.65. The van der Waals surface area contributed by atoms with Crippen LogP contribution in [0.5, 0.6) is 0 Å². The molecule has 0 rings (SSSR count). The quantitative estimate of drug-likeness (QED) is 0.188. The molecule has 0 amide bonds. The molecule has 0 aliphatic heterocycles. The summed E-state index contributed by atoms with van der Waals surface area (Å²) >= 11 is 0. The van der Waals surface area contributed by atoms with Crippen molar-refractivity contribution in [2.24, 2.45) is 17.8 Å². The number of rotatable bonds is 20. The Morgan fingerprint density at radius 1 is 0.462 bits per heavy atom. The maximum atomic E-state index is 2.46. The number of unbranched alkanes of at least 4 members (excludes halogenated alkanes) is 15. The fourth-order valence-corrected chi connectivity index (χ4v) is 4.07. The molecule has 26 heavy (non-hydrogen) atoms. The molecule has 0 spiro atoms. The Bertz CT molecular complexity index is 255. The summed E-state index contributed by atoms with van der Waals surface area (Å²) in [6, 6.07) is 0. The van der Waals surface area contributed by atoms with E-state index in [1.54, 1.807) is 0 Å². The SMILES string of the molecule is CCCCCCCCCCCCCCCCCCC(C)CC(C)C(C)C. The van der Waals surface area contributed by atoms with Crippen molar-refractivity contribution >= 4 is 0 Å². The van der Waals surface area contributed by atoms with E-state index in [1.165, 1.54) is 116 Å². The van der Waals surface area contributed by atoms with Crippen molar-refractivity contribution in [2.45, 2.75) is 150 Å². The molecule has 0 aliphatic carbocycles. The summed E-state index contributed by atoms with van der Waals surface area (Å²) in [5, 5.41) is 0. The van der Waals surface area contributed by atoms with Crippen molar-refractivity contribution in [2.75, 3.05) is 0 Å². The van der Waals surface area contributed by atoms with Crippen molar-refractivity contribution in [1.82, 2.24) is 0 Å². The lowest BCUT2D eigenvalue weighted by molar-refractivity contribution is 0.315. The summed E-state index contributed by atoms with van der Waals surface area (Å²) in [6.45, 7) is 11.9. The Morgan fingerprint density at radius 2 is 0.808 bits per heavy atom. The summed E-state index contributed by atoms with van der Waals surface area (Å²) in [7, 11) is 0. The first-order chi connectivity index (χ1) is 12.6. The zero-order valence-electron chi connectivity index (χ0n) is 19.5. The van der Waals surface area contributed by atoms with Crippen LogP contribution in [0.15, 0.2) is 0 Å². The minimum absolute atomic E-state index is 0.850. The van der Waals surface area contributed by atoms with E-state index in [2.05, 4.69) is 34.6 Å². The van der Waals surface area contributed by atoms with Gasteiger partial charge in [0.15, 0.2) is 0 Å². The highest BCUT2D eigenvalue weighted by Gasteiger charge is 2.11. The van der Waals surface area contributed by atoms with E-state index in [4.69, 9.17) is 0 Å². The molecule has 0 heterocycles. The van der Waals surface area contributed by atoms with Gasteiger partial charge in [-0.2, -0.15) is 0 Å². The highest BCUT2D eigenvalue weighted by Crippen LogP contribution is 2.23. The van der Waals surface area contributed by atoms with Crippen molar-refractivity contribution in [3.05, 3.63) is 0 Å². The van der Waals surface area contributed by atoms with Crippen LogP contribution in [0, 0.1) is 17.8 Å². The molecule has 2 unspecified atom stereocenters. The van der Waals surface area contributed by atoms with Gasteiger partial charge in [0.05, 0.1) is 0 Å². The Morgan fingerprint density at radius 3 is 1.15 bits per heavy atom. The van der Waals surface area contributed by atoms with Gasteiger partial charge in [0.25, 0.3) is 0 Å². The molecule has 0 saturated carbocycles. The van der Waals surface area contributed by atoms with E-state index in [0.29, 0.717) is 0 Å². The van der Waals surface area contributed by atoms with E-state index in [0.717, 1.165) is 17.8 Å². The minimum atomic E-state index is 0.850. The molecular weight excluding hydrogens is 312 g/mol. The lowest BCUT2D eigenvalue weighted by atomic mass is 9.86. The van der Waals surface area contributed by atoms with Crippen molar-refractivity contribution in [3.8, 4) is 0 Å². The molecule has 0 N–H and O–H groups in total. The second-order valence-corrected chi connectivity index (χ2v) is 9.65. The molecule has 0 aromatic heterocycles. The van der Waals surface area contributed by atoms with E-state index in [-0.39, 0.29) is 0 Å². The maximum Gasteiger partial charge on any atom is -0.0417 e. The van der Waals surface area contributed by atoms with Crippen LogP contribution in [0.25, 0.3) is 0 Å². The molecule has 0 radical (unpaired) electrons. The minimum Gasteiger partial charge on any atom is -0.0654 e. The van der Waals surface area contributed by atoms with E-state index in [1.807, 2.05) is 0 Å². The third-order valence-electron chi connectivity index (χ3n) is 6.46. The number of hydrogen-bond acceptors (Lipinski definition) is 0. The average molecular weight is 367 g/mol. The third kappa shape index (κ3) is 18.8. The molecule has 0 bridgehead atoms. The molecular formula is C26H54. The van der Waals surface area contributed by atoms with Crippen LogP contribution in [0.3, 0.4) is 0 Å². The van der Waals surface area contributed by atoms with Gasteiger partial charge < -0.3 is 0 Å². The van der Waals surface area contributed by atoms with Gasteiger partial charge in [-0.15, -0.1) is 0 Å². The fraction of sp³-hybridized carbons (Fsp3) is 1.00. The van der Waals surface area contributed by atoms with Crippen molar-refractivity contribution in [3.63, 3.8) is 0 Å². The molecule has 0 aromatic rings. The van der Waals surface area contributed by atoms with Crippen molar-refractivity contribution < 1.29 is 0 Å². The van der Waals surface area contributed by atoms with Gasteiger partial charge in [0, 0.05) is 0 Å². The molecule has 0 nitrogen and oxygen atoms in total. The van der Waals surface area contributed by atoms with Crippen LogP contribution in [-0.2, 0) is 0 Å². The van der Waals surface area contributed by atoms with Crippen LogP contribution in [0.2, 0.25) is 0 Å². The van der Waals surface area contributed by atoms with Crippen LogP contribution in [0.4, 0.5) is 0 Å². The zero-order chi connectivity index (χ0) is 19.5. The average Bonchev–Trinajstić information content (AvgIpc) is 2.61. The highest BCUT2D eigenvalue weighted by molar-refractivity contribution is 4.63. The van der Waals surface area contributed by atoms with E-state index in [9.17, 15) is 0 Å². The molecule has 158 valence electrons. The van der Waals surface area contributed by atoms with E-state index < -0.39 is 0 Å². The van der Waals surface area contributed by atoms with Gasteiger partial charge in [-0.1, -0.05) is 144 Å². The monoisotopic (exact) mass is 366 g/mol. The van der Waals surface area contributed by atoms with Crippen LogP contribution in [-0.4, -0.2) is 0 Å². The lowest BCUT2D eigenvalue weighted by Crippen LogP contribution is -2.09. The van der Waals surface area contributed by atoms with Crippen molar-refractivity contribution in [1.29, 1.82) is 0 Å². The van der Waals surface area contributed by atoms with Crippen LogP contribution < -0.4 is 0 Å². The summed E-state index contributed by atoms with van der Waals surface area (Å²) < 4.78 is 0. The normalized spacial score (nSPS) is 14.1. The van der Waals surface area contributed by atoms with Crippen LogP contribution in [0.1, 0.15) is 150 Å². The molecule has 2 atom stereocenters. The summed E-state index contributed by atoms with van der Waals surface area (Å²) in [5.74, 6) is 2.67. The topological polar surface area (TPSA) is 0 Å². The molecule has 0 fully saturated rings. The predicted molar refractivity (Wildman–Crippen MR) is 122 cm³/mol. The summed E-state index contributed by atoms with van der Waals surface area (Å²) in [5.41, 5.74) is 0. The Kier molecular flexibility index (Phi) is 19.8. The third-order valence-corrected chi connectivity index (χ3v) is 6.46. The molecule has 0 aliphatic rings. The molecule has 0 saturated heterocycles. The Balaban J connectivity index is 3.15. The standard InChI is InChI=1S/C26H54/c1-6-7-8-9-10-11-12-13-14-15-16-17-18-19-20-21-22-25(4)23-26(5)24(2)3/h24-26H,6-23H2,1-5H3. The first-order valence-electron chi connectivity index (χ1n) is 12.6. The summed E-state index contributed by atoms with van der Waals surface area (Å²) in [6.07, 6.45) is 26.4.